The van der Waals surface area contributed by atoms with Crippen LogP contribution in [0.5, 0.6) is 0 Å². The first kappa shape index (κ1) is 18.2. The number of rotatable bonds is 5. The molecule has 4 rings (SSSR count). The van der Waals surface area contributed by atoms with E-state index in [1.54, 1.807) is 10.9 Å². The van der Waals surface area contributed by atoms with Crippen molar-refractivity contribution in [2.24, 2.45) is 0 Å². The summed E-state index contributed by atoms with van der Waals surface area (Å²) in [6.45, 7) is 4.20. The third kappa shape index (κ3) is 4.38. The van der Waals surface area contributed by atoms with Crippen LogP contribution in [0, 0.1) is 0 Å². The SMILES string of the molecule is O=C(c1cccc(-n2cccn2)c1)N1CCN(CC=Cc2ccccc2)CC1. The van der Waals surface area contributed by atoms with Gasteiger partial charge in [-0.2, -0.15) is 5.10 Å². The van der Waals surface area contributed by atoms with Crippen molar-refractivity contribution in [3.05, 3.63) is 90.3 Å². The van der Waals surface area contributed by atoms with Crippen LogP contribution in [0.2, 0.25) is 0 Å². The third-order valence-electron chi connectivity index (χ3n) is 5.00. The third-order valence-corrected chi connectivity index (χ3v) is 5.00. The number of carbonyl (C=O) groups is 1. The van der Waals surface area contributed by atoms with Crippen molar-refractivity contribution < 1.29 is 4.79 Å². The molecule has 2 heterocycles. The highest BCUT2D eigenvalue weighted by Gasteiger charge is 2.21. The number of benzene rings is 2. The van der Waals surface area contributed by atoms with Crippen molar-refractivity contribution in [2.75, 3.05) is 32.7 Å². The van der Waals surface area contributed by atoms with E-state index in [1.165, 1.54) is 5.56 Å². The number of aromatic nitrogens is 2. The van der Waals surface area contributed by atoms with Crippen molar-refractivity contribution in [3.8, 4) is 5.69 Å². The Hall–Kier alpha value is -3.18. The largest absolute Gasteiger partial charge is 0.336 e. The zero-order valence-corrected chi connectivity index (χ0v) is 15.8. The Labute approximate surface area is 165 Å². The maximum Gasteiger partial charge on any atom is 0.254 e. The van der Waals surface area contributed by atoms with Gasteiger partial charge in [0.05, 0.1) is 5.69 Å². The maximum absolute atomic E-state index is 12.9. The average molecular weight is 372 g/mol. The van der Waals surface area contributed by atoms with Crippen molar-refractivity contribution in [2.45, 2.75) is 0 Å². The highest BCUT2D eigenvalue weighted by molar-refractivity contribution is 5.94. The van der Waals surface area contributed by atoms with Gasteiger partial charge in [0.2, 0.25) is 0 Å². The first-order valence-electron chi connectivity index (χ1n) is 9.63. The molecule has 28 heavy (non-hydrogen) atoms. The van der Waals surface area contributed by atoms with Crippen LogP contribution < -0.4 is 0 Å². The van der Waals surface area contributed by atoms with Gasteiger partial charge in [-0.15, -0.1) is 0 Å². The molecule has 0 radical (unpaired) electrons. The molecule has 1 aliphatic rings. The van der Waals surface area contributed by atoms with E-state index in [4.69, 9.17) is 0 Å². The maximum atomic E-state index is 12.9. The molecule has 1 aliphatic heterocycles. The zero-order valence-electron chi connectivity index (χ0n) is 15.8. The van der Waals surface area contributed by atoms with E-state index in [1.807, 2.05) is 59.6 Å². The molecule has 2 aromatic carbocycles. The molecule has 1 amide bonds. The Morgan fingerprint density at radius 3 is 2.54 bits per heavy atom. The van der Waals surface area contributed by atoms with Crippen LogP contribution in [0.4, 0.5) is 0 Å². The van der Waals surface area contributed by atoms with E-state index in [2.05, 4.69) is 34.3 Å². The molecule has 0 bridgehead atoms. The van der Waals surface area contributed by atoms with Gasteiger partial charge >= 0.3 is 0 Å². The Balaban J connectivity index is 1.32. The summed E-state index contributed by atoms with van der Waals surface area (Å²) in [6.07, 6.45) is 7.96. The second kappa shape index (κ2) is 8.67. The van der Waals surface area contributed by atoms with Gasteiger partial charge in [0.25, 0.3) is 5.91 Å². The molecule has 1 fully saturated rings. The Bertz CT molecular complexity index is 926. The lowest BCUT2D eigenvalue weighted by molar-refractivity contribution is 0.0650. The zero-order chi connectivity index (χ0) is 19.2. The van der Waals surface area contributed by atoms with E-state index < -0.39 is 0 Å². The van der Waals surface area contributed by atoms with Crippen LogP contribution >= 0.6 is 0 Å². The molecule has 0 spiro atoms. The minimum Gasteiger partial charge on any atom is -0.336 e. The second-order valence-electron chi connectivity index (χ2n) is 6.91. The molecule has 0 saturated carbocycles. The first-order chi connectivity index (χ1) is 13.8. The fourth-order valence-corrected chi connectivity index (χ4v) is 3.42. The summed E-state index contributed by atoms with van der Waals surface area (Å²) >= 11 is 0. The molecular weight excluding hydrogens is 348 g/mol. The predicted octanol–water partition coefficient (Wildman–Crippen LogP) is 3.34. The standard InChI is InChI=1S/C23H24N4O/c28-23(21-10-4-11-22(19-21)27-14-6-12-24-27)26-17-15-25(16-18-26)13-5-9-20-7-2-1-3-8-20/h1-12,14,19H,13,15-18H2. The lowest BCUT2D eigenvalue weighted by Gasteiger charge is -2.34. The number of hydrogen-bond donors (Lipinski definition) is 0. The fraction of sp³-hybridized carbons (Fsp3) is 0.217. The van der Waals surface area contributed by atoms with E-state index in [9.17, 15) is 4.79 Å². The van der Waals surface area contributed by atoms with Gasteiger partial charge in [-0.1, -0.05) is 48.6 Å². The van der Waals surface area contributed by atoms with Gasteiger partial charge in [-0.25, -0.2) is 4.68 Å². The molecular formula is C23H24N4O. The van der Waals surface area contributed by atoms with E-state index in [0.717, 1.165) is 38.4 Å². The second-order valence-corrected chi connectivity index (χ2v) is 6.91. The lowest BCUT2D eigenvalue weighted by Crippen LogP contribution is -2.48. The van der Waals surface area contributed by atoms with Crippen molar-refractivity contribution in [3.63, 3.8) is 0 Å². The minimum atomic E-state index is 0.0912. The van der Waals surface area contributed by atoms with Crippen molar-refractivity contribution >= 4 is 12.0 Å². The van der Waals surface area contributed by atoms with Gasteiger partial charge in [0, 0.05) is 50.7 Å². The van der Waals surface area contributed by atoms with Gasteiger partial charge in [0.1, 0.15) is 0 Å². The summed E-state index contributed by atoms with van der Waals surface area (Å²) < 4.78 is 1.77. The summed E-state index contributed by atoms with van der Waals surface area (Å²) in [5, 5.41) is 4.24. The van der Waals surface area contributed by atoms with Crippen molar-refractivity contribution in [1.82, 2.24) is 19.6 Å². The molecule has 0 aliphatic carbocycles. The topological polar surface area (TPSA) is 41.4 Å². The lowest BCUT2D eigenvalue weighted by atomic mass is 10.1. The van der Waals surface area contributed by atoms with E-state index >= 15 is 0 Å². The molecule has 3 aromatic rings. The molecule has 1 saturated heterocycles. The average Bonchev–Trinajstić information content (AvgIpc) is 3.30. The molecule has 0 unspecified atom stereocenters. The minimum absolute atomic E-state index is 0.0912. The van der Waals surface area contributed by atoms with E-state index in [0.29, 0.717) is 5.56 Å². The first-order valence-corrected chi connectivity index (χ1v) is 9.63. The highest BCUT2D eigenvalue weighted by atomic mass is 16.2. The van der Waals surface area contributed by atoms with Crippen LogP contribution in [0.3, 0.4) is 0 Å². The summed E-state index contributed by atoms with van der Waals surface area (Å²) in [5.41, 5.74) is 2.83. The number of piperazine rings is 1. The molecule has 0 N–H and O–H groups in total. The normalized spacial score (nSPS) is 15.2. The number of amides is 1. The van der Waals surface area contributed by atoms with Crippen LogP contribution in [-0.2, 0) is 0 Å². The molecule has 5 heteroatoms. The Kier molecular flexibility index (Phi) is 5.64. The number of carbonyl (C=O) groups excluding carboxylic acids is 1. The smallest absolute Gasteiger partial charge is 0.254 e. The van der Waals surface area contributed by atoms with Gasteiger partial charge in [-0.3, -0.25) is 9.69 Å². The van der Waals surface area contributed by atoms with Crippen LogP contribution in [0.15, 0.2) is 79.1 Å². The summed E-state index contributed by atoms with van der Waals surface area (Å²) in [6, 6.07) is 19.9. The van der Waals surface area contributed by atoms with Gasteiger partial charge in [-0.05, 0) is 29.8 Å². The number of hydrogen-bond acceptors (Lipinski definition) is 3. The fourth-order valence-electron chi connectivity index (χ4n) is 3.42. The molecule has 5 nitrogen and oxygen atoms in total. The Morgan fingerprint density at radius 2 is 1.79 bits per heavy atom. The van der Waals surface area contributed by atoms with Crippen LogP contribution in [0.25, 0.3) is 11.8 Å². The summed E-state index contributed by atoms with van der Waals surface area (Å²) in [4.78, 5) is 17.2. The predicted molar refractivity (Wildman–Crippen MR) is 111 cm³/mol. The molecule has 142 valence electrons. The van der Waals surface area contributed by atoms with E-state index in [-0.39, 0.29) is 5.91 Å². The molecule has 1 aromatic heterocycles. The highest BCUT2D eigenvalue weighted by Crippen LogP contribution is 2.14. The van der Waals surface area contributed by atoms with Gasteiger partial charge < -0.3 is 4.90 Å². The summed E-state index contributed by atoms with van der Waals surface area (Å²) in [5.74, 6) is 0.0912. The van der Waals surface area contributed by atoms with Crippen LogP contribution in [0.1, 0.15) is 15.9 Å². The molecule has 0 atom stereocenters. The van der Waals surface area contributed by atoms with Crippen molar-refractivity contribution in [1.29, 1.82) is 0 Å². The quantitative estimate of drug-likeness (QED) is 0.690. The van der Waals surface area contributed by atoms with Gasteiger partial charge in [0.15, 0.2) is 0 Å². The summed E-state index contributed by atoms with van der Waals surface area (Å²) in [7, 11) is 0. The Morgan fingerprint density at radius 1 is 0.964 bits per heavy atom. The monoisotopic (exact) mass is 372 g/mol. The number of nitrogens with zero attached hydrogens (tertiary/aromatic N) is 4. The van der Waals surface area contributed by atoms with Crippen LogP contribution in [-0.4, -0.2) is 58.2 Å².